The first kappa shape index (κ1) is 20.6. The first-order valence-electron chi connectivity index (χ1n) is 9.92. The Morgan fingerprint density at radius 3 is 2.50 bits per heavy atom. The molecule has 6 nitrogen and oxygen atoms in total. The Kier molecular flexibility index (Phi) is 6.20. The maximum absolute atomic E-state index is 13.3. The Hall–Kier alpha value is -2.64. The van der Waals surface area contributed by atoms with Gasteiger partial charge in [-0.15, -0.1) is 0 Å². The largest absolute Gasteiger partial charge is 0.497 e. The SMILES string of the molecule is COc1ccc(-n2ccc(CNC(=O)C3(c4ccc(Br)cc4)CCOCC3)n2)cc1. The Bertz CT molecular complexity index is 993. The Morgan fingerprint density at radius 1 is 1.13 bits per heavy atom. The van der Waals surface area contributed by atoms with Crippen LogP contribution in [0, 0.1) is 0 Å². The van der Waals surface area contributed by atoms with Gasteiger partial charge in [-0.3, -0.25) is 4.79 Å². The predicted molar refractivity (Wildman–Crippen MR) is 118 cm³/mol. The Morgan fingerprint density at radius 2 is 1.83 bits per heavy atom. The molecular weight excluding hydrogens is 446 g/mol. The maximum Gasteiger partial charge on any atom is 0.231 e. The van der Waals surface area contributed by atoms with Gasteiger partial charge in [0.25, 0.3) is 0 Å². The summed E-state index contributed by atoms with van der Waals surface area (Å²) in [6.45, 7) is 1.53. The van der Waals surface area contributed by atoms with Gasteiger partial charge in [0.1, 0.15) is 5.75 Å². The highest BCUT2D eigenvalue weighted by atomic mass is 79.9. The molecule has 0 atom stereocenters. The zero-order chi connectivity index (χ0) is 21.0. The lowest BCUT2D eigenvalue weighted by Gasteiger charge is -2.36. The molecule has 7 heteroatoms. The quantitative estimate of drug-likeness (QED) is 0.592. The molecule has 1 N–H and O–H groups in total. The smallest absolute Gasteiger partial charge is 0.231 e. The van der Waals surface area contributed by atoms with Crippen LogP contribution in [0.15, 0.2) is 65.3 Å². The van der Waals surface area contributed by atoms with E-state index >= 15 is 0 Å². The van der Waals surface area contributed by atoms with Gasteiger partial charge in [-0.05, 0) is 60.9 Å². The molecule has 1 aliphatic rings. The molecule has 156 valence electrons. The van der Waals surface area contributed by atoms with Crippen molar-refractivity contribution < 1.29 is 14.3 Å². The van der Waals surface area contributed by atoms with E-state index < -0.39 is 5.41 Å². The molecule has 1 aromatic heterocycles. The minimum atomic E-state index is -0.572. The number of halogens is 1. The van der Waals surface area contributed by atoms with Gasteiger partial charge >= 0.3 is 0 Å². The van der Waals surface area contributed by atoms with Crippen LogP contribution in [0.2, 0.25) is 0 Å². The summed E-state index contributed by atoms with van der Waals surface area (Å²) in [4.78, 5) is 13.3. The number of aromatic nitrogens is 2. The Labute approximate surface area is 184 Å². The molecule has 1 aliphatic heterocycles. The van der Waals surface area contributed by atoms with Crippen molar-refractivity contribution in [2.24, 2.45) is 0 Å². The van der Waals surface area contributed by atoms with Gasteiger partial charge < -0.3 is 14.8 Å². The van der Waals surface area contributed by atoms with Crippen molar-refractivity contribution in [1.29, 1.82) is 0 Å². The molecule has 1 fully saturated rings. The van der Waals surface area contributed by atoms with Gasteiger partial charge in [-0.1, -0.05) is 28.1 Å². The van der Waals surface area contributed by atoms with E-state index in [1.54, 1.807) is 11.8 Å². The van der Waals surface area contributed by atoms with Crippen molar-refractivity contribution in [3.63, 3.8) is 0 Å². The second kappa shape index (κ2) is 9.02. The first-order chi connectivity index (χ1) is 14.6. The highest BCUT2D eigenvalue weighted by molar-refractivity contribution is 9.10. The Balaban J connectivity index is 1.47. The van der Waals surface area contributed by atoms with Gasteiger partial charge in [-0.25, -0.2) is 4.68 Å². The number of nitrogens with one attached hydrogen (secondary N) is 1. The summed E-state index contributed by atoms with van der Waals surface area (Å²) in [5.41, 5.74) is 2.19. The van der Waals surface area contributed by atoms with E-state index in [0.717, 1.165) is 27.2 Å². The molecule has 0 spiro atoms. The van der Waals surface area contributed by atoms with Gasteiger partial charge in [-0.2, -0.15) is 5.10 Å². The van der Waals surface area contributed by atoms with Gasteiger partial charge in [0.2, 0.25) is 5.91 Å². The standard InChI is InChI=1S/C23H24BrN3O3/c1-29-21-8-6-20(7-9-21)27-13-10-19(26-27)16-25-22(28)23(11-14-30-15-12-23)17-2-4-18(24)5-3-17/h2-10,13H,11-12,14-16H2,1H3,(H,25,28). The summed E-state index contributed by atoms with van der Waals surface area (Å²) in [7, 11) is 1.64. The minimum absolute atomic E-state index is 0.0205. The van der Waals surface area contributed by atoms with Gasteiger partial charge in [0.05, 0.1) is 30.5 Å². The lowest BCUT2D eigenvalue weighted by Crippen LogP contribution is -2.47. The summed E-state index contributed by atoms with van der Waals surface area (Å²) in [6.07, 6.45) is 3.23. The molecule has 30 heavy (non-hydrogen) atoms. The molecule has 2 heterocycles. The minimum Gasteiger partial charge on any atom is -0.497 e. The number of methoxy groups -OCH3 is 1. The number of hydrogen-bond acceptors (Lipinski definition) is 4. The van der Waals surface area contributed by atoms with Crippen molar-refractivity contribution in [3.8, 4) is 11.4 Å². The predicted octanol–water partition coefficient (Wildman–Crippen LogP) is 4.01. The molecule has 2 aromatic carbocycles. The van der Waals surface area contributed by atoms with E-state index in [4.69, 9.17) is 9.47 Å². The molecule has 0 aliphatic carbocycles. The monoisotopic (exact) mass is 469 g/mol. The summed E-state index contributed by atoms with van der Waals surface area (Å²) in [5, 5.41) is 7.69. The molecule has 4 rings (SSSR count). The van der Waals surface area contributed by atoms with Crippen molar-refractivity contribution in [2.45, 2.75) is 24.8 Å². The molecule has 3 aromatic rings. The zero-order valence-corrected chi connectivity index (χ0v) is 18.4. The van der Waals surface area contributed by atoms with Crippen molar-refractivity contribution in [2.75, 3.05) is 20.3 Å². The van der Waals surface area contributed by atoms with Crippen LogP contribution in [-0.4, -0.2) is 36.0 Å². The summed E-state index contributed by atoms with van der Waals surface area (Å²) >= 11 is 3.47. The van der Waals surface area contributed by atoms with Crippen LogP contribution >= 0.6 is 15.9 Å². The number of rotatable bonds is 6. The lowest BCUT2D eigenvalue weighted by molar-refractivity contribution is -0.130. The molecule has 1 saturated heterocycles. The molecule has 0 radical (unpaired) electrons. The van der Waals surface area contributed by atoms with E-state index in [1.165, 1.54) is 0 Å². The van der Waals surface area contributed by atoms with Crippen LogP contribution in [-0.2, 0) is 21.5 Å². The highest BCUT2D eigenvalue weighted by Gasteiger charge is 2.41. The van der Waals surface area contributed by atoms with E-state index in [1.807, 2.05) is 60.8 Å². The van der Waals surface area contributed by atoms with E-state index in [-0.39, 0.29) is 5.91 Å². The van der Waals surface area contributed by atoms with Crippen LogP contribution in [0.3, 0.4) is 0 Å². The van der Waals surface area contributed by atoms with Crippen molar-refractivity contribution in [1.82, 2.24) is 15.1 Å². The van der Waals surface area contributed by atoms with Crippen LogP contribution in [0.4, 0.5) is 0 Å². The van der Waals surface area contributed by atoms with Crippen LogP contribution in [0.25, 0.3) is 5.69 Å². The lowest BCUT2D eigenvalue weighted by atomic mass is 9.73. The number of hydrogen-bond donors (Lipinski definition) is 1. The van der Waals surface area contributed by atoms with E-state index in [2.05, 4.69) is 26.3 Å². The fourth-order valence-corrected chi connectivity index (χ4v) is 4.07. The van der Waals surface area contributed by atoms with E-state index in [9.17, 15) is 4.79 Å². The second-order valence-corrected chi connectivity index (χ2v) is 8.25. The van der Waals surface area contributed by atoms with Gasteiger partial charge in [0, 0.05) is 23.9 Å². The second-order valence-electron chi connectivity index (χ2n) is 7.33. The third-order valence-electron chi connectivity index (χ3n) is 5.59. The third kappa shape index (κ3) is 4.27. The average Bonchev–Trinajstić information content (AvgIpc) is 3.27. The topological polar surface area (TPSA) is 65.4 Å². The number of carbonyl (C=O) groups is 1. The molecule has 0 unspecified atom stereocenters. The third-order valence-corrected chi connectivity index (χ3v) is 6.12. The number of benzene rings is 2. The summed E-state index contributed by atoms with van der Waals surface area (Å²) in [6, 6.07) is 17.6. The van der Waals surface area contributed by atoms with Crippen LogP contribution in [0.5, 0.6) is 5.75 Å². The molecular formula is C23H24BrN3O3. The van der Waals surface area contributed by atoms with Crippen molar-refractivity contribution in [3.05, 3.63) is 76.5 Å². The number of carbonyl (C=O) groups excluding carboxylic acids is 1. The average molecular weight is 470 g/mol. The van der Waals surface area contributed by atoms with Crippen LogP contribution in [0.1, 0.15) is 24.1 Å². The molecule has 0 saturated carbocycles. The van der Waals surface area contributed by atoms with Gasteiger partial charge in [0.15, 0.2) is 0 Å². The van der Waals surface area contributed by atoms with E-state index in [0.29, 0.717) is 32.6 Å². The maximum atomic E-state index is 13.3. The fraction of sp³-hybridized carbons (Fsp3) is 0.304. The zero-order valence-electron chi connectivity index (χ0n) is 16.8. The number of ether oxygens (including phenoxy) is 2. The highest BCUT2D eigenvalue weighted by Crippen LogP contribution is 2.36. The number of nitrogens with zero attached hydrogens (tertiary/aromatic N) is 2. The normalized spacial score (nSPS) is 15.5. The summed E-state index contributed by atoms with van der Waals surface area (Å²) < 4.78 is 13.5. The number of amides is 1. The van der Waals surface area contributed by atoms with Crippen LogP contribution < -0.4 is 10.1 Å². The first-order valence-corrected chi connectivity index (χ1v) is 10.7. The summed E-state index contributed by atoms with van der Waals surface area (Å²) in [5.74, 6) is 0.820. The molecule has 0 bridgehead atoms. The fourth-order valence-electron chi connectivity index (χ4n) is 3.81. The molecule has 1 amide bonds. The van der Waals surface area contributed by atoms with Crippen molar-refractivity contribution >= 4 is 21.8 Å².